The summed E-state index contributed by atoms with van der Waals surface area (Å²) >= 11 is 0. The molecule has 106 valence electrons. The van der Waals surface area contributed by atoms with Crippen LogP contribution in [0.4, 0.5) is 10.1 Å². The van der Waals surface area contributed by atoms with Crippen LogP contribution in [0.2, 0.25) is 0 Å². The third-order valence-electron chi connectivity index (χ3n) is 2.46. The van der Waals surface area contributed by atoms with Crippen LogP contribution >= 0.6 is 0 Å². The molecule has 0 unspecified atom stereocenters. The quantitative estimate of drug-likeness (QED) is 0.595. The van der Waals surface area contributed by atoms with Crippen molar-refractivity contribution >= 4 is 15.7 Å². The Morgan fingerprint density at radius 2 is 2.16 bits per heavy atom. The molecule has 1 rings (SSSR count). The highest BCUT2D eigenvalue weighted by molar-refractivity contribution is 7.89. The van der Waals surface area contributed by atoms with Crippen molar-refractivity contribution in [2.24, 2.45) is 0 Å². The van der Waals surface area contributed by atoms with E-state index in [4.69, 9.17) is 5.11 Å². The van der Waals surface area contributed by atoms with E-state index in [0.29, 0.717) is 6.42 Å². The summed E-state index contributed by atoms with van der Waals surface area (Å²) in [6, 6.07) is 2.03. The molecule has 0 bridgehead atoms. The predicted octanol–water partition coefficient (Wildman–Crippen LogP) is 0.783. The van der Waals surface area contributed by atoms with E-state index in [9.17, 15) is 22.9 Å². The van der Waals surface area contributed by atoms with Gasteiger partial charge in [-0.3, -0.25) is 10.1 Å². The summed E-state index contributed by atoms with van der Waals surface area (Å²) in [6.45, 7) is 1.17. The van der Waals surface area contributed by atoms with Gasteiger partial charge in [0.1, 0.15) is 0 Å². The van der Waals surface area contributed by atoms with Gasteiger partial charge in [-0.15, -0.1) is 0 Å². The smallest absolute Gasteiger partial charge is 0.324 e. The number of nitro benzene ring substituents is 1. The lowest BCUT2D eigenvalue weighted by atomic mass is 10.3. The second kappa shape index (κ2) is 6.04. The summed E-state index contributed by atoms with van der Waals surface area (Å²) in [5, 5.41) is 19.7. The van der Waals surface area contributed by atoms with Crippen molar-refractivity contribution in [2.75, 3.05) is 6.61 Å². The second-order valence-corrected chi connectivity index (χ2v) is 5.44. The molecule has 1 aromatic carbocycles. The summed E-state index contributed by atoms with van der Waals surface area (Å²) < 4.78 is 39.3. The molecule has 0 saturated carbocycles. The summed E-state index contributed by atoms with van der Waals surface area (Å²) in [4.78, 5) is 8.88. The Bertz CT molecular complexity index is 571. The molecule has 0 spiro atoms. The Morgan fingerprint density at radius 3 is 2.63 bits per heavy atom. The van der Waals surface area contributed by atoms with Crippen molar-refractivity contribution in [3.63, 3.8) is 0 Å². The van der Waals surface area contributed by atoms with Crippen LogP contribution in [0.25, 0.3) is 0 Å². The molecular weight excluding hydrogens is 279 g/mol. The molecule has 0 heterocycles. The standard InChI is InChI=1S/C10H13FN2O5S/c1-2-7(6-14)12-19(17,18)9-5-3-4-8(11)10(9)13(15)16/h3-5,7,12,14H,2,6H2,1H3/t7-/m0/s1. The molecule has 0 aliphatic rings. The van der Waals surface area contributed by atoms with Crippen LogP contribution in [0.15, 0.2) is 23.1 Å². The van der Waals surface area contributed by atoms with Gasteiger partial charge in [0.15, 0.2) is 4.90 Å². The summed E-state index contributed by atoms with van der Waals surface area (Å²) in [5.74, 6) is -1.23. The van der Waals surface area contributed by atoms with Crippen LogP contribution < -0.4 is 4.72 Å². The molecule has 0 aliphatic heterocycles. The highest BCUT2D eigenvalue weighted by Gasteiger charge is 2.30. The van der Waals surface area contributed by atoms with Crippen molar-refractivity contribution in [1.29, 1.82) is 0 Å². The third-order valence-corrected chi connectivity index (χ3v) is 4.01. The zero-order valence-corrected chi connectivity index (χ0v) is 10.9. The minimum atomic E-state index is -4.27. The number of aliphatic hydroxyl groups excluding tert-OH is 1. The molecule has 0 saturated heterocycles. The Labute approximate surface area is 109 Å². The predicted molar refractivity (Wildman–Crippen MR) is 64.5 cm³/mol. The van der Waals surface area contributed by atoms with Gasteiger partial charge in [-0.2, -0.15) is 4.39 Å². The van der Waals surface area contributed by atoms with Crippen molar-refractivity contribution in [3.8, 4) is 0 Å². The summed E-state index contributed by atoms with van der Waals surface area (Å²) in [5.41, 5.74) is -1.11. The van der Waals surface area contributed by atoms with Crippen LogP contribution in [0.1, 0.15) is 13.3 Å². The number of hydrogen-bond acceptors (Lipinski definition) is 5. The molecule has 1 atom stereocenters. The van der Waals surface area contributed by atoms with Crippen LogP contribution in [0, 0.1) is 15.9 Å². The average molecular weight is 292 g/mol. The lowest BCUT2D eigenvalue weighted by molar-refractivity contribution is -0.390. The van der Waals surface area contributed by atoms with Crippen molar-refractivity contribution in [3.05, 3.63) is 34.1 Å². The van der Waals surface area contributed by atoms with Gasteiger partial charge in [-0.1, -0.05) is 13.0 Å². The molecule has 0 aromatic heterocycles. The number of hydrogen-bond donors (Lipinski definition) is 2. The normalized spacial score (nSPS) is 13.2. The third kappa shape index (κ3) is 3.46. The van der Waals surface area contributed by atoms with Crippen molar-refractivity contribution in [2.45, 2.75) is 24.3 Å². The minimum Gasteiger partial charge on any atom is -0.395 e. The number of nitrogens with one attached hydrogen (secondary N) is 1. The maximum Gasteiger partial charge on any atom is 0.324 e. The average Bonchev–Trinajstić information content (AvgIpc) is 2.35. The van der Waals surface area contributed by atoms with Crippen molar-refractivity contribution < 1.29 is 22.8 Å². The van der Waals surface area contributed by atoms with E-state index in [-0.39, 0.29) is 0 Å². The van der Waals surface area contributed by atoms with E-state index in [0.717, 1.165) is 18.2 Å². The molecule has 0 amide bonds. The first-order valence-corrected chi connectivity index (χ1v) is 6.88. The van der Waals surface area contributed by atoms with Gasteiger partial charge in [-0.25, -0.2) is 13.1 Å². The van der Waals surface area contributed by atoms with Gasteiger partial charge in [0.2, 0.25) is 15.8 Å². The van der Waals surface area contributed by atoms with Gasteiger partial charge in [0.25, 0.3) is 0 Å². The minimum absolute atomic E-state index is 0.291. The maximum atomic E-state index is 13.3. The molecule has 0 fully saturated rings. The number of nitrogens with zero attached hydrogens (tertiary/aromatic N) is 1. The Kier molecular flexibility index (Phi) is 4.92. The van der Waals surface area contributed by atoms with E-state index in [2.05, 4.69) is 4.72 Å². The molecule has 19 heavy (non-hydrogen) atoms. The topological polar surface area (TPSA) is 110 Å². The molecule has 7 nitrogen and oxygen atoms in total. The van der Waals surface area contributed by atoms with Crippen LogP contribution in [-0.2, 0) is 10.0 Å². The lowest BCUT2D eigenvalue weighted by Crippen LogP contribution is -2.37. The number of nitro groups is 1. The number of aliphatic hydroxyl groups is 1. The van der Waals surface area contributed by atoms with Gasteiger partial charge in [-0.05, 0) is 18.6 Å². The Hall–Kier alpha value is -1.58. The van der Waals surface area contributed by atoms with Gasteiger partial charge < -0.3 is 5.11 Å². The first-order valence-electron chi connectivity index (χ1n) is 5.39. The van der Waals surface area contributed by atoms with Crippen LogP contribution in [0.3, 0.4) is 0 Å². The molecular formula is C10H13FN2O5S. The number of sulfonamides is 1. The van der Waals surface area contributed by atoms with Gasteiger partial charge in [0, 0.05) is 6.04 Å². The van der Waals surface area contributed by atoms with E-state index in [1.54, 1.807) is 6.92 Å². The fourth-order valence-electron chi connectivity index (χ4n) is 1.42. The van der Waals surface area contributed by atoms with Crippen molar-refractivity contribution in [1.82, 2.24) is 4.72 Å². The highest BCUT2D eigenvalue weighted by Crippen LogP contribution is 2.26. The summed E-state index contributed by atoms with van der Waals surface area (Å²) in [6.07, 6.45) is 0.291. The van der Waals surface area contributed by atoms with Crippen LogP contribution in [-0.4, -0.2) is 31.1 Å². The summed E-state index contributed by atoms with van der Waals surface area (Å²) in [7, 11) is -4.27. The highest BCUT2D eigenvalue weighted by atomic mass is 32.2. The van der Waals surface area contributed by atoms with E-state index in [1.165, 1.54) is 0 Å². The largest absolute Gasteiger partial charge is 0.395 e. The molecule has 2 N–H and O–H groups in total. The van der Waals surface area contributed by atoms with E-state index < -0.39 is 44.0 Å². The number of halogens is 1. The number of rotatable bonds is 6. The first-order chi connectivity index (χ1) is 8.83. The Morgan fingerprint density at radius 1 is 1.53 bits per heavy atom. The monoisotopic (exact) mass is 292 g/mol. The first kappa shape index (κ1) is 15.5. The second-order valence-electron chi connectivity index (χ2n) is 3.75. The number of para-hydroxylation sites is 1. The van der Waals surface area contributed by atoms with E-state index in [1.807, 2.05) is 0 Å². The van der Waals surface area contributed by atoms with E-state index >= 15 is 0 Å². The lowest BCUT2D eigenvalue weighted by Gasteiger charge is -2.14. The van der Waals surface area contributed by atoms with Gasteiger partial charge >= 0.3 is 5.69 Å². The fraction of sp³-hybridized carbons (Fsp3) is 0.400. The Balaban J connectivity index is 3.29. The van der Waals surface area contributed by atoms with Gasteiger partial charge in [0.05, 0.1) is 11.5 Å². The molecule has 9 heteroatoms. The fourth-order valence-corrected chi connectivity index (χ4v) is 2.91. The number of benzene rings is 1. The SMILES string of the molecule is CC[C@@H](CO)NS(=O)(=O)c1cccc(F)c1[N+](=O)[O-]. The zero-order chi connectivity index (χ0) is 14.6. The molecule has 0 aliphatic carbocycles. The molecule has 1 aromatic rings. The zero-order valence-electron chi connectivity index (χ0n) is 10.0. The molecule has 0 radical (unpaired) electrons. The maximum absolute atomic E-state index is 13.3. The van der Waals surface area contributed by atoms with Crippen LogP contribution in [0.5, 0.6) is 0 Å².